The molecule has 1 rings (SSSR count). The Bertz CT molecular complexity index is 325. The highest BCUT2D eigenvalue weighted by Gasteiger charge is 1.99. The first-order valence-corrected chi connectivity index (χ1v) is 3.54. The summed E-state index contributed by atoms with van der Waals surface area (Å²) in [5.74, 6) is -0.593. The molecule has 0 bridgehead atoms. The molecule has 1 aromatic rings. The smallest absolute Gasteiger partial charge is 0.164 e. The molecule has 0 N–H and O–H groups in total. The predicted octanol–water partition coefficient (Wildman–Crippen LogP) is 2.09. The van der Waals surface area contributed by atoms with Crippen LogP contribution < -0.4 is 0 Å². The maximum Gasteiger partial charge on any atom is 0.164 e. The molecule has 0 atom stereocenters. The summed E-state index contributed by atoms with van der Waals surface area (Å²) in [5.41, 5.74) is 0.504. The number of aldehydes is 1. The van der Waals surface area contributed by atoms with Gasteiger partial charge in [-0.05, 0) is 17.7 Å². The Labute approximate surface area is 73.7 Å². The third kappa shape index (κ3) is 2.13. The quantitative estimate of drug-likeness (QED) is 0.401. The van der Waals surface area contributed by atoms with Gasteiger partial charge in [0.15, 0.2) is 11.0 Å². The van der Waals surface area contributed by atoms with Gasteiger partial charge in [-0.25, -0.2) is 9.37 Å². The van der Waals surface area contributed by atoms with Gasteiger partial charge in [0, 0.05) is 6.20 Å². The molecular weight excluding hydrogens is 181 g/mol. The summed E-state index contributed by atoms with van der Waals surface area (Å²) >= 11 is 5.33. The van der Waals surface area contributed by atoms with Crippen LogP contribution in [0.3, 0.4) is 0 Å². The zero-order valence-electron chi connectivity index (χ0n) is 6.00. The Morgan fingerprint density at radius 1 is 1.58 bits per heavy atom. The maximum absolute atomic E-state index is 12.7. The predicted molar refractivity (Wildman–Crippen MR) is 44.3 cm³/mol. The van der Waals surface area contributed by atoms with Crippen LogP contribution in [0.25, 0.3) is 6.08 Å². The first-order valence-electron chi connectivity index (χ1n) is 3.17. The van der Waals surface area contributed by atoms with E-state index in [1.807, 2.05) is 0 Å². The number of hydrogen-bond acceptors (Lipinski definition) is 2. The van der Waals surface area contributed by atoms with Crippen LogP contribution in [0.2, 0.25) is 5.15 Å². The maximum atomic E-state index is 12.7. The summed E-state index contributed by atoms with van der Waals surface area (Å²) in [6.07, 6.45) is 4.68. The van der Waals surface area contributed by atoms with Crippen molar-refractivity contribution in [3.8, 4) is 0 Å². The number of rotatable bonds is 2. The van der Waals surface area contributed by atoms with Gasteiger partial charge in [-0.2, -0.15) is 0 Å². The zero-order chi connectivity index (χ0) is 8.97. The van der Waals surface area contributed by atoms with Crippen molar-refractivity contribution in [2.75, 3.05) is 0 Å². The van der Waals surface area contributed by atoms with Crippen LogP contribution in [0.5, 0.6) is 0 Å². The second-order valence-corrected chi connectivity index (χ2v) is 2.39. The summed E-state index contributed by atoms with van der Waals surface area (Å²) in [4.78, 5) is 13.5. The van der Waals surface area contributed by atoms with E-state index in [-0.39, 0.29) is 5.15 Å². The molecule has 2 nitrogen and oxygen atoms in total. The van der Waals surface area contributed by atoms with Gasteiger partial charge in [0.25, 0.3) is 0 Å². The molecule has 0 saturated heterocycles. The minimum Gasteiger partial charge on any atom is -0.299 e. The van der Waals surface area contributed by atoms with Crippen LogP contribution in [-0.4, -0.2) is 11.3 Å². The van der Waals surface area contributed by atoms with Crippen LogP contribution in [0.1, 0.15) is 5.56 Å². The molecule has 0 fully saturated rings. The summed E-state index contributed by atoms with van der Waals surface area (Å²) < 4.78 is 12.7. The van der Waals surface area contributed by atoms with E-state index in [1.165, 1.54) is 24.4 Å². The molecule has 0 radical (unpaired) electrons. The third-order valence-corrected chi connectivity index (χ3v) is 1.46. The van der Waals surface area contributed by atoms with Gasteiger partial charge >= 0.3 is 0 Å². The van der Waals surface area contributed by atoms with Crippen molar-refractivity contribution in [3.05, 3.63) is 34.9 Å². The molecule has 4 heteroatoms. The molecule has 0 aliphatic carbocycles. The number of aromatic nitrogens is 1. The lowest BCUT2D eigenvalue weighted by molar-refractivity contribution is -0.104. The van der Waals surface area contributed by atoms with Gasteiger partial charge in [-0.3, -0.25) is 4.79 Å². The average molecular weight is 186 g/mol. The van der Waals surface area contributed by atoms with E-state index in [0.717, 1.165) is 0 Å². The second kappa shape index (κ2) is 3.97. The molecule has 0 aromatic carbocycles. The average Bonchev–Trinajstić information content (AvgIpc) is 2.07. The highest BCUT2D eigenvalue weighted by atomic mass is 35.5. The Kier molecular flexibility index (Phi) is 2.94. The number of allylic oxidation sites excluding steroid dienone is 1. The first kappa shape index (κ1) is 8.87. The third-order valence-electron chi connectivity index (χ3n) is 1.18. The van der Waals surface area contributed by atoms with Gasteiger partial charge < -0.3 is 0 Å². The molecular formula is C8H5ClFNO. The Balaban J connectivity index is 2.96. The van der Waals surface area contributed by atoms with Gasteiger partial charge in [0.1, 0.15) is 6.29 Å². The fourth-order valence-electron chi connectivity index (χ4n) is 0.678. The van der Waals surface area contributed by atoms with E-state index < -0.39 is 5.82 Å². The number of halogens is 2. The van der Waals surface area contributed by atoms with Crippen molar-refractivity contribution in [2.24, 2.45) is 0 Å². The van der Waals surface area contributed by atoms with Crippen molar-refractivity contribution in [2.45, 2.75) is 0 Å². The molecule has 1 aromatic heterocycles. The van der Waals surface area contributed by atoms with E-state index in [4.69, 9.17) is 11.6 Å². The van der Waals surface area contributed by atoms with E-state index >= 15 is 0 Å². The van der Waals surface area contributed by atoms with Gasteiger partial charge in [-0.1, -0.05) is 17.7 Å². The lowest BCUT2D eigenvalue weighted by Gasteiger charge is -1.93. The van der Waals surface area contributed by atoms with Crippen LogP contribution in [0, 0.1) is 5.82 Å². The van der Waals surface area contributed by atoms with Crippen LogP contribution in [-0.2, 0) is 4.79 Å². The molecule has 0 aliphatic rings. The summed E-state index contributed by atoms with van der Waals surface area (Å²) in [6, 6.07) is 1.20. The fraction of sp³-hybridized carbons (Fsp3) is 0. The molecule has 0 unspecified atom stereocenters. The minimum absolute atomic E-state index is 0.168. The zero-order valence-corrected chi connectivity index (χ0v) is 6.75. The first-order chi connectivity index (χ1) is 5.74. The highest BCUT2D eigenvalue weighted by Crippen LogP contribution is 2.12. The topological polar surface area (TPSA) is 30.0 Å². The number of carbonyl (C=O) groups excluding carboxylic acids is 1. The van der Waals surface area contributed by atoms with Crippen LogP contribution in [0.15, 0.2) is 18.3 Å². The molecule has 12 heavy (non-hydrogen) atoms. The largest absolute Gasteiger partial charge is 0.299 e. The van der Waals surface area contributed by atoms with E-state index in [1.54, 1.807) is 0 Å². The van der Waals surface area contributed by atoms with Crippen molar-refractivity contribution >= 4 is 24.0 Å². The standard InChI is InChI=1S/C8H5ClFNO/c9-8-7(10)4-6(5-11-8)2-1-3-12/h1-5H. The molecule has 0 saturated carbocycles. The summed E-state index contributed by atoms with van der Waals surface area (Å²) in [5, 5.41) is -0.168. The number of hydrogen-bond donors (Lipinski definition) is 0. The van der Waals surface area contributed by atoms with E-state index in [2.05, 4.69) is 4.98 Å². The van der Waals surface area contributed by atoms with Crippen LogP contribution in [0.4, 0.5) is 4.39 Å². The van der Waals surface area contributed by atoms with Crippen molar-refractivity contribution < 1.29 is 9.18 Å². The number of carbonyl (C=O) groups is 1. The molecule has 0 aliphatic heterocycles. The molecule has 62 valence electrons. The molecule has 1 heterocycles. The number of pyridine rings is 1. The lowest BCUT2D eigenvalue weighted by atomic mass is 10.2. The van der Waals surface area contributed by atoms with Crippen LogP contribution >= 0.6 is 11.6 Å². The monoisotopic (exact) mass is 185 g/mol. The van der Waals surface area contributed by atoms with E-state index in [9.17, 15) is 9.18 Å². The van der Waals surface area contributed by atoms with Gasteiger partial charge in [0.05, 0.1) is 0 Å². The Hall–Kier alpha value is -1.22. The van der Waals surface area contributed by atoms with Gasteiger partial charge in [-0.15, -0.1) is 0 Å². The minimum atomic E-state index is -0.593. The number of nitrogens with zero attached hydrogens (tertiary/aromatic N) is 1. The Morgan fingerprint density at radius 3 is 2.92 bits per heavy atom. The lowest BCUT2D eigenvalue weighted by Crippen LogP contribution is -1.83. The molecule has 0 amide bonds. The second-order valence-electron chi connectivity index (χ2n) is 2.04. The van der Waals surface area contributed by atoms with E-state index in [0.29, 0.717) is 11.8 Å². The summed E-state index contributed by atoms with van der Waals surface area (Å²) in [6.45, 7) is 0. The summed E-state index contributed by atoms with van der Waals surface area (Å²) in [7, 11) is 0. The van der Waals surface area contributed by atoms with Crippen molar-refractivity contribution in [1.82, 2.24) is 4.98 Å². The SMILES string of the molecule is O=CC=Cc1cnc(Cl)c(F)c1. The van der Waals surface area contributed by atoms with Crippen molar-refractivity contribution in [1.29, 1.82) is 0 Å². The van der Waals surface area contributed by atoms with Gasteiger partial charge in [0.2, 0.25) is 0 Å². The molecule has 0 spiro atoms. The fourth-order valence-corrected chi connectivity index (χ4v) is 0.781. The van der Waals surface area contributed by atoms with Crippen molar-refractivity contribution in [3.63, 3.8) is 0 Å². The Morgan fingerprint density at radius 2 is 2.33 bits per heavy atom. The highest BCUT2D eigenvalue weighted by molar-refractivity contribution is 6.29. The normalized spacial score (nSPS) is 10.5.